The molecule has 0 saturated carbocycles. The van der Waals surface area contributed by atoms with Crippen molar-refractivity contribution in [2.24, 2.45) is 0 Å². The molecule has 0 radical (unpaired) electrons. The number of ether oxygens (including phenoxy) is 2. The molecule has 2 heterocycles. The molecule has 0 aromatic carbocycles. The molecule has 1 spiro atoms. The minimum absolute atomic E-state index is 0.132. The van der Waals surface area contributed by atoms with Crippen LogP contribution in [0.1, 0.15) is 12.8 Å². The van der Waals surface area contributed by atoms with E-state index in [0.717, 1.165) is 25.6 Å². The van der Waals surface area contributed by atoms with Crippen molar-refractivity contribution in [3.8, 4) is 0 Å². The molecule has 2 saturated heterocycles. The average Bonchev–Trinajstić information content (AvgIpc) is 1.82. The van der Waals surface area contributed by atoms with Crippen LogP contribution in [0.4, 0.5) is 0 Å². The normalized spacial score (nSPS) is 39.3. The largest absolute Gasteiger partial charge is 0.378 e. The van der Waals surface area contributed by atoms with Gasteiger partial charge in [0.15, 0.2) is 0 Å². The van der Waals surface area contributed by atoms with E-state index >= 15 is 0 Å². The molecule has 2 aliphatic rings. The lowest BCUT2D eigenvalue weighted by Gasteiger charge is -2.42. The van der Waals surface area contributed by atoms with Gasteiger partial charge in [0.05, 0.1) is 25.4 Å². The Balaban J connectivity index is 1.86. The van der Waals surface area contributed by atoms with Crippen LogP contribution in [0.15, 0.2) is 0 Å². The van der Waals surface area contributed by atoms with Crippen LogP contribution in [-0.4, -0.2) is 36.9 Å². The highest BCUT2D eigenvalue weighted by molar-refractivity contribution is 7.99. The maximum Gasteiger partial charge on any atom is 0.0944 e. The summed E-state index contributed by atoms with van der Waals surface area (Å²) in [6.07, 6.45) is 2.38. The van der Waals surface area contributed by atoms with Crippen molar-refractivity contribution in [1.29, 1.82) is 0 Å². The van der Waals surface area contributed by atoms with Gasteiger partial charge in [0.25, 0.3) is 0 Å². The predicted molar refractivity (Wildman–Crippen MR) is 46.1 cm³/mol. The summed E-state index contributed by atoms with van der Waals surface area (Å²) in [4.78, 5) is 0. The van der Waals surface area contributed by atoms with Crippen LogP contribution in [0, 0.1) is 0 Å². The number of hydrogen-bond donors (Lipinski definition) is 0. The van der Waals surface area contributed by atoms with E-state index in [9.17, 15) is 0 Å². The quantitative estimate of drug-likeness (QED) is 0.551. The Bertz CT molecular complexity index is 124. The van der Waals surface area contributed by atoms with Gasteiger partial charge in [-0.05, 0) is 12.2 Å². The van der Waals surface area contributed by atoms with Gasteiger partial charge in [-0.25, -0.2) is 0 Å². The molecular formula is C8H14O2S. The molecular weight excluding hydrogens is 160 g/mol. The van der Waals surface area contributed by atoms with Crippen LogP contribution in [0.3, 0.4) is 0 Å². The van der Waals surface area contributed by atoms with Gasteiger partial charge >= 0.3 is 0 Å². The first-order valence-electron chi connectivity index (χ1n) is 4.21. The Morgan fingerprint density at radius 1 is 1.09 bits per heavy atom. The van der Waals surface area contributed by atoms with Crippen molar-refractivity contribution in [2.45, 2.75) is 18.4 Å². The lowest BCUT2D eigenvalue weighted by Crippen LogP contribution is -2.48. The topological polar surface area (TPSA) is 18.5 Å². The van der Waals surface area contributed by atoms with E-state index in [4.69, 9.17) is 9.47 Å². The summed E-state index contributed by atoms with van der Waals surface area (Å²) in [5.74, 6) is 2.39. The van der Waals surface area contributed by atoms with Gasteiger partial charge in [0, 0.05) is 12.2 Å². The molecule has 2 fully saturated rings. The second kappa shape index (κ2) is 3.33. The van der Waals surface area contributed by atoms with E-state index in [1.165, 1.54) is 18.6 Å². The van der Waals surface area contributed by atoms with E-state index in [0.29, 0.717) is 0 Å². The molecule has 0 N–H and O–H groups in total. The van der Waals surface area contributed by atoms with E-state index in [2.05, 4.69) is 0 Å². The Kier molecular flexibility index (Phi) is 2.39. The molecule has 0 aromatic heterocycles. The lowest BCUT2D eigenvalue weighted by molar-refractivity contribution is -0.181. The fourth-order valence-corrected chi connectivity index (χ4v) is 2.47. The van der Waals surface area contributed by atoms with E-state index in [1.54, 1.807) is 0 Å². The van der Waals surface area contributed by atoms with Crippen LogP contribution in [0.25, 0.3) is 0 Å². The van der Waals surface area contributed by atoms with Crippen molar-refractivity contribution >= 4 is 11.8 Å². The van der Waals surface area contributed by atoms with Gasteiger partial charge < -0.3 is 9.47 Å². The zero-order valence-electron chi connectivity index (χ0n) is 6.67. The summed E-state index contributed by atoms with van der Waals surface area (Å²) in [7, 11) is 0. The highest BCUT2D eigenvalue weighted by atomic mass is 32.2. The maximum absolute atomic E-state index is 5.56. The van der Waals surface area contributed by atoms with Gasteiger partial charge in [0.1, 0.15) is 0 Å². The minimum atomic E-state index is 0.132. The van der Waals surface area contributed by atoms with Crippen LogP contribution in [0.2, 0.25) is 0 Å². The third kappa shape index (κ3) is 1.71. The number of thioether (sulfide) groups is 1. The Hall–Kier alpha value is 0.270. The predicted octanol–water partition coefficient (Wildman–Crippen LogP) is 1.30. The molecule has 11 heavy (non-hydrogen) atoms. The van der Waals surface area contributed by atoms with Crippen LogP contribution >= 0.6 is 11.8 Å². The molecule has 0 aliphatic carbocycles. The minimum Gasteiger partial charge on any atom is -0.378 e. The first kappa shape index (κ1) is 7.90. The molecule has 0 bridgehead atoms. The van der Waals surface area contributed by atoms with Crippen LogP contribution in [0.5, 0.6) is 0 Å². The summed E-state index contributed by atoms with van der Waals surface area (Å²) >= 11 is 1.98. The van der Waals surface area contributed by atoms with Gasteiger partial charge in [-0.1, -0.05) is 0 Å². The van der Waals surface area contributed by atoms with Gasteiger partial charge in [-0.15, -0.1) is 0 Å². The Morgan fingerprint density at radius 2 is 2.00 bits per heavy atom. The fraction of sp³-hybridized carbons (Fsp3) is 1.00. The highest BCUT2D eigenvalue weighted by Gasteiger charge is 2.38. The molecule has 1 unspecified atom stereocenters. The molecule has 1 atom stereocenters. The van der Waals surface area contributed by atoms with Gasteiger partial charge in [-0.3, -0.25) is 0 Å². The monoisotopic (exact) mass is 174 g/mol. The summed E-state index contributed by atoms with van der Waals surface area (Å²) in [5, 5.41) is 0. The van der Waals surface area contributed by atoms with Crippen molar-refractivity contribution in [3.63, 3.8) is 0 Å². The Labute approximate surface area is 71.6 Å². The Morgan fingerprint density at radius 3 is 2.73 bits per heavy atom. The average molecular weight is 174 g/mol. The molecule has 0 amide bonds. The first-order chi connectivity index (χ1) is 5.41. The zero-order chi connectivity index (χ0) is 7.57. The standard InChI is InChI=1S/C8H14O2S/c1-3-10-8(1)2-5-11-6-4-9-7-8/h1-7H2. The summed E-state index contributed by atoms with van der Waals surface area (Å²) in [5.41, 5.74) is 0.132. The van der Waals surface area contributed by atoms with Gasteiger partial charge in [-0.2, -0.15) is 11.8 Å². The fourth-order valence-electron chi connectivity index (χ4n) is 1.51. The lowest BCUT2D eigenvalue weighted by atomic mass is 9.93. The zero-order valence-corrected chi connectivity index (χ0v) is 7.49. The number of rotatable bonds is 0. The second-order valence-electron chi connectivity index (χ2n) is 3.20. The van der Waals surface area contributed by atoms with Crippen molar-refractivity contribution in [2.75, 3.05) is 31.3 Å². The van der Waals surface area contributed by atoms with Crippen molar-refractivity contribution in [3.05, 3.63) is 0 Å². The van der Waals surface area contributed by atoms with Crippen LogP contribution in [-0.2, 0) is 9.47 Å². The smallest absolute Gasteiger partial charge is 0.0944 e. The first-order valence-corrected chi connectivity index (χ1v) is 5.36. The summed E-state index contributed by atoms with van der Waals surface area (Å²) < 4.78 is 11.0. The third-order valence-electron chi connectivity index (χ3n) is 2.41. The summed E-state index contributed by atoms with van der Waals surface area (Å²) in [6.45, 7) is 2.66. The van der Waals surface area contributed by atoms with E-state index in [1.807, 2.05) is 11.8 Å². The molecule has 3 heteroatoms. The molecule has 64 valence electrons. The number of hydrogen-bond acceptors (Lipinski definition) is 3. The van der Waals surface area contributed by atoms with E-state index < -0.39 is 0 Å². The van der Waals surface area contributed by atoms with E-state index in [-0.39, 0.29) is 5.60 Å². The van der Waals surface area contributed by atoms with Gasteiger partial charge in [0.2, 0.25) is 0 Å². The third-order valence-corrected chi connectivity index (χ3v) is 3.35. The highest BCUT2D eigenvalue weighted by Crippen LogP contribution is 2.32. The SMILES string of the molecule is C1CSCCC2(CCO2)CO1. The summed E-state index contributed by atoms with van der Waals surface area (Å²) in [6, 6.07) is 0. The van der Waals surface area contributed by atoms with Crippen molar-refractivity contribution < 1.29 is 9.47 Å². The van der Waals surface area contributed by atoms with Crippen LogP contribution < -0.4 is 0 Å². The molecule has 2 nitrogen and oxygen atoms in total. The maximum atomic E-state index is 5.56. The molecule has 2 aliphatic heterocycles. The molecule has 0 aromatic rings. The van der Waals surface area contributed by atoms with Crippen molar-refractivity contribution in [1.82, 2.24) is 0 Å². The molecule has 2 rings (SSSR count). The second-order valence-corrected chi connectivity index (χ2v) is 4.42.